The zero-order valence-corrected chi connectivity index (χ0v) is 13.0. The summed E-state index contributed by atoms with van der Waals surface area (Å²) in [5.41, 5.74) is 0.129. The van der Waals surface area contributed by atoms with E-state index in [1.807, 2.05) is 0 Å². The summed E-state index contributed by atoms with van der Waals surface area (Å²) in [7, 11) is 0. The Bertz CT molecular complexity index is 494. The van der Waals surface area contributed by atoms with Gasteiger partial charge in [-0.05, 0) is 37.8 Å². The molecule has 0 aliphatic carbocycles. The molecule has 6 nitrogen and oxygen atoms in total. The van der Waals surface area contributed by atoms with Gasteiger partial charge in [-0.15, -0.1) is 0 Å². The van der Waals surface area contributed by atoms with Crippen LogP contribution in [0.5, 0.6) is 11.5 Å². The van der Waals surface area contributed by atoms with Crippen LogP contribution in [0.15, 0.2) is 18.2 Å². The molecule has 0 spiro atoms. The number of ether oxygens (including phenoxy) is 4. The van der Waals surface area contributed by atoms with Gasteiger partial charge in [0.25, 0.3) is 0 Å². The number of carboxylic acid groups (broad SMARTS) is 1. The first-order valence-electron chi connectivity index (χ1n) is 8.15. The molecule has 1 N–H and O–H groups in total. The monoisotopic (exact) mass is 322 g/mol. The first-order valence-corrected chi connectivity index (χ1v) is 8.15. The number of benzene rings is 1. The number of aromatic carboxylic acids is 1. The molecule has 2 aliphatic heterocycles. The highest BCUT2D eigenvalue weighted by Gasteiger charge is 2.19. The molecule has 2 atom stereocenters. The number of rotatable bonds is 5. The molecule has 2 fully saturated rings. The van der Waals surface area contributed by atoms with E-state index in [1.165, 1.54) is 12.1 Å². The van der Waals surface area contributed by atoms with Crippen molar-refractivity contribution in [1.29, 1.82) is 0 Å². The van der Waals surface area contributed by atoms with Crippen LogP contribution in [0.25, 0.3) is 0 Å². The third-order valence-electron chi connectivity index (χ3n) is 3.94. The van der Waals surface area contributed by atoms with Crippen molar-refractivity contribution in [3.05, 3.63) is 23.8 Å². The average Bonchev–Trinajstić information content (AvgIpc) is 2.56. The Kier molecular flexibility index (Phi) is 5.35. The number of hydrogen-bond donors (Lipinski definition) is 1. The fourth-order valence-corrected chi connectivity index (χ4v) is 2.74. The molecule has 0 bridgehead atoms. The van der Waals surface area contributed by atoms with E-state index in [9.17, 15) is 9.90 Å². The maximum atomic E-state index is 11.3. The Morgan fingerprint density at radius 2 is 1.43 bits per heavy atom. The summed E-state index contributed by atoms with van der Waals surface area (Å²) in [6.45, 7) is 1.34. The van der Waals surface area contributed by atoms with Gasteiger partial charge in [-0.3, -0.25) is 0 Å². The topological polar surface area (TPSA) is 74.2 Å². The molecule has 3 rings (SSSR count). The summed E-state index contributed by atoms with van der Waals surface area (Å²) in [4.78, 5) is 11.3. The Labute approximate surface area is 135 Å². The highest BCUT2D eigenvalue weighted by atomic mass is 16.7. The van der Waals surface area contributed by atoms with E-state index < -0.39 is 5.97 Å². The molecule has 23 heavy (non-hydrogen) atoms. The minimum absolute atomic E-state index is 0.129. The van der Waals surface area contributed by atoms with Gasteiger partial charge in [-0.1, -0.05) is 0 Å². The molecule has 0 aromatic heterocycles. The normalized spacial score (nSPS) is 24.9. The van der Waals surface area contributed by atoms with Crippen molar-refractivity contribution in [2.24, 2.45) is 0 Å². The highest BCUT2D eigenvalue weighted by molar-refractivity contribution is 5.88. The van der Waals surface area contributed by atoms with Gasteiger partial charge in [0, 0.05) is 18.9 Å². The third-order valence-corrected chi connectivity index (χ3v) is 3.94. The maximum absolute atomic E-state index is 11.3. The maximum Gasteiger partial charge on any atom is 0.335 e. The molecule has 6 heteroatoms. The molecule has 2 heterocycles. The Morgan fingerprint density at radius 1 is 0.913 bits per heavy atom. The van der Waals surface area contributed by atoms with E-state index in [1.54, 1.807) is 6.07 Å². The van der Waals surface area contributed by atoms with Gasteiger partial charge in [0.1, 0.15) is 11.5 Å². The van der Waals surface area contributed by atoms with Crippen LogP contribution in [-0.4, -0.2) is 36.9 Å². The summed E-state index contributed by atoms with van der Waals surface area (Å²) < 4.78 is 22.6. The lowest BCUT2D eigenvalue weighted by Crippen LogP contribution is -2.26. The zero-order chi connectivity index (χ0) is 16.1. The van der Waals surface area contributed by atoms with Gasteiger partial charge < -0.3 is 24.1 Å². The van der Waals surface area contributed by atoms with Crippen molar-refractivity contribution in [2.45, 2.75) is 51.1 Å². The standard InChI is InChI=1S/C17H22O6/c18-17(19)12-9-13(22-15-5-1-3-7-20-15)11-14(10-12)23-16-6-2-4-8-21-16/h9-11,15-16H,1-8H2,(H,18,19)/t15-,16+. The molecule has 2 saturated heterocycles. The van der Waals surface area contributed by atoms with E-state index in [4.69, 9.17) is 18.9 Å². The largest absolute Gasteiger partial charge is 0.478 e. The van der Waals surface area contributed by atoms with E-state index in [-0.39, 0.29) is 18.1 Å². The molecule has 0 unspecified atom stereocenters. The highest BCUT2D eigenvalue weighted by Crippen LogP contribution is 2.28. The molecule has 0 radical (unpaired) electrons. The van der Waals surface area contributed by atoms with Gasteiger partial charge >= 0.3 is 5.97 Å². The first kappa shape index (κ1) is 16.1. The lowest BCUT2D eigenvalue weighted by atomic mass is 10.2. The summed E-state index contributed by atoms with van der Waals surface area (Å²) >= 11 is 0. The smallest absolute Gasteiger partial charge is 0.335 e. The van der Waals surface area contributed by atoms with Gasteiger partial charge in [-0.25, -0.2) is 4.79 Å². The molecule has 1 aromatic rings. The van der Waals surface area contributed by atoms with E-state index in [2.05, 4.69) is 0 Å². The van der Waals surface area contributed by atoms with Crippen LogP contribution in [0, 0.1) is 0 Å². The van der Waals surface area contributed by atoms with Crippen LogP contribution in [-0.2, 0) is 9.47 Å². The Balaban J connectivity index is 1.73. The van der Waals surface area contributed by atoms with Crippen LogP contribution >= 0.6 is 0 Å². The second-order valence-corrected chi connectivity index (χ2v) is 5.83. The van der Waals surface area contributed by atoms with Crippen molar-refractivity contribution < 1.29 is 28.8 Å². The van der Waals surface area contributed by atoms with Gasteiger partial charge in [0.15, 0.2) is 12.6 Å². The predicted octanol–water partition coefficient (Wildman–Crippen LogP) is 3.20. The first-order chi connectivity index (χ1) is 11.2. The zero-order valence-electron chi connectivity index (χ0n) is 13.0. The van der Waals surface area contributed by atoms with Gasteiger partial charge in [0.2, 0.25) is 0 Å². The predicted molar refractivity (Wildman–Crippen MR) is 81.8 cm³/mol. The van der Waals surface area contributed by atoms with Crippen molar-refractivity contribution in [1.82, 2.24) is 0 Å². The molecular formula is C17H22O6. The van der Waals surface area contributed by atoms with E-state index >= 15 is 0 Å². The minimum Gasteiger partial charge on any atom is -0.478 e. The van der Waals surface area contributed by atoms with Crippen molar-refractivity contribution in [3.63, 3.8) is 0 Å². The Morgan fingerprint density at radius 3 is 1.83 bits per heavy atom. The van der Waals surface area contributed by atoms with E-state index in [0.717, 1.165) is 38.5 Å². The molecule has 1 aromatic carbocycles. The fourth-order valence-electron chi connectivity index (χ4n) is 2.74. The second kappa shape index (κ2) is 7.66. The number of carboxylic acids is 1. The Hall–Kier alpha value is -1.79. The quantitative estimate of drug-likeness (QED) is 0.897. The number of hydrogen-bond acceptors (Lipinski definition) is 5. The number of carbonyl (C=O) groups is 1. The summed E-state index contributed by atoms with van der Waals surface area (Å²) in [5, 5.41) is 9.27. The summed E-state index contributed by atoms with van der Waals surface area (Å²) in [6, 6.07) is 4.69. The summed E-state index contributed by atoms with van der Waals surface area (Å²) in [6.07, 6.45) is 5.10. The molecule has 126 valence electrons. The van der Waals surface area contributed by atoms with Crippen LogP contribution in [0.4, 0.5) is 0 Å². The van der Waals surface area contributed by atoms with Crippen molar-refractivity contribution in [2.75, 3.05) is 13.2 Å². The van der Waals surface area contributed by atoms with Gasteiger partial charge in [-0.2, -0.15) is 0 Å². The molecule has 0 amide bonds. The average molecular weight is 322 g/mol. The van der Waals surface area contributed by atoms with Crippen LogP contribution in [0.1, 0.15) is 48.9 Å². The lowest BCUT2D eigenvalue weighted by Gasteiger charge is -2.25. The van der Waals surface area contributed by atoms with Crippen LogP contribution in [0.2, 0.25) is 0 Å². The molecular weight excluding hydrogens is 300 g/mol. The lowest BCUT2D eigenvalue weighted by molar-refractivity contribution is -0.109. The van der Waals surface area contributed by atoms with Crippen LogP contribution < -0.4 is 9.47 Å². The molecule has 2 aliphatic rings. The minimum atomic E-state index is -1.02. The third kappa shape index (κ3) is 4.59. The van der Waals surface area contributed by atoms with E-state index in [0.29, 0.717) is 24.7 Å². The SMILES string of the molecule is O=C(O)c1cc(O[C@@H]2CCCCO2)cc(O[C@H]2CCCCO2)c1. The second-order valence-electron chi connectivity index (χ2n) is 5.83. The molecule has 0 saturated carbocycles. The summed E-state index contributed by atoms with van der Waals surface area (Å²) in [5.74, 6) is -0.125. The van der Waals surface area contributed by atoms with Gasteiger partial charge in [0.05, 0.1) is 18.8 Å². The fraction of sp³-hybridized carbons (Fsp3) is 0.588. The van der Waals surface area contributed by atoms with Crippen LogP contribution in [0.3, 0.4) is 0 Å². The van der Waals surface area contributed by atoms with Crippen molar-refractivity contribution >= 4 is 5.97 Å². The van der Waals surface area contributed by atoms with Crippen molar-refractivity contribution in [3.8, 4) is 11.5 Å².